The summed E-state index contributed by atoms with van der Waals surface area (Å²) >= 11 is 0. The summed E-state index contributed by atoms with van der Waals surface area (Å²) in [7, 11) is 0. The van der Waals surface area contributed by atoms with Gasteiger partial charge in [-0.1, -0.05) is 18.2 Å². The molecule has 21 heavy (non-hydrogen) atoms. The molecular formula is C15H15F3N2O. The topological polar surface area (TPSA) is 25.2 Å². The summed E-state index contributed by atoms with van der Waals surface area (Å²) in [5.74, 6) is 0. The van der Waals surface area contributed by atoms with Gasteiger partial charge in [-0.15, -0.1) is 0 Å². The van der Waals surface area contributed by atoms with Crippen LogP contribution in [0.2, 0.25) is 0 Å². The fourth-order valence-corrected chi connectivity index (χ4v) is 2.98. The number of nitrogens with zero attached hydrogens (tertiary/aromatic N) is 2. The molecule has 0 saturated carbocycles. The van der Waals surface area contributed by atoms with Crippen LogP contribution in [0.1, 0.15) is 25.3 Å². The van der Waals surface area contributed by atoms with Gasteiger partial charge in [0.15, 0.2) is 0 Å². The van der Waals surface area contributed by atoms with Gasteiger partial charge in [-0.2, -0.15) is 13.2 Å². The number of para-hydroxylation sites is 1. The molecule has 1 saturated heterocycles. The molecule has 112 valence electrons. The molecule has 0 bridgehead atoms. The first-order valence-corrected chi connectivity index (χ1v) is 6.88. The van der Waals surface area contributed by atoms with E-state index < -0.39 is 17.3 Å². The Morgan fingerprint density at radius 2 is 1.95 bits per heavy atom. The van der Waals surface area contributed by atoms with Crippen LogP contribution < -0.4 is 10.6 Å². The smallest absolute Gasteiger partial charge is 0.307 e. The van der Waals surface area contributed by atoms with Crippen molar-refractivity contribution >= 4 is 10.9 Å². The molecule has 0 amide bonds. The van der Waals surface area contributed by atoms with Crippen LogP contribution in [0.5, 0.6) is 0 Å². The van der Waals surface area contributed by atoms with E-state index in [1.54, 1.807) is 18.2 Å². The van der Waals surface area contributed by atoms with Crippen molar-refractivity contribution in [2.45, 2.75) is 32.0 Å². The van der Waals surface area contributed by atoms with E-state index in [4.69, 9.17) is 0 Å². The summed E-state index contributed by atoms with van der Waals surface area (Å²) in [6.45, 7) is 2.66. The normalized spacial score (nSPS) is 19.4. The lowest BCUT2D eigenvalue weighted by Crippen LogP contribution is -2.44. The Hall–Kier alpha value is -1.98. The van der Waals surface area contributed by atoms with Gasteiger partial charge in [-0.05, 0) is 25.8 Å². The number of fused-ring (bicyclic) bond motifs is 1. The number of pyridine rings is 1. The van der Waals surface area contributed by atoms with Crippen molar-refractivity contribution in [2.75, 3.05) is 11.6 Å². The molecule has 1 aliphatic rings. The van der Waals surface area contributed by atoms with Gasteiger partial charge in [0.2, 0.25) is 0 Å². The fraction of sp³-hybridized carbons (Fsp3) is 0.400. The molecule has 1 aromatic heterocycles. The molecule has 1 atom stereocenters. The highest BCUT2D eigenvalue weighted by atomic mass is 19.4. The zero-order valence-electron chi connectivity index (χ0n) is 11.5. The zero-order valence-corrected chi connectivity index (χ0v) is 11.5. The SMILES string of the molecule is CC1CCCN1n1c(=O)cc(C(F)(F)F)c2ccccc21. The Bertz CT molecular complexity index is 736. The van der Waals surface area contributed by atoms with Crippen LogP contribution in [0, 0.1) is 0 Å². The van der Waals surface area contributed by atoms with Crippen LogP contribution in [-0.2, 0) is 6.18 Å². The third-order valence-electron chi connectivity index (χ3n) is 3.98. The van der Waals surface area contributed by atoms with Crippen molar-refractivity contribution in [2.24, 2.45) is 0 Å². The Morgan fingerprint density at radius 1 is 1.24 bits per heavy atom. The van der Waals surface area contributed by atoms with E-state index in [-0.39, 0.29) is 11.4 Å². The van der Waals surface area contributed by atoms with Gasteiger partial charge in [-0.25, -0.2) is 4.68 Å². The van der Waals surface area contributed by atoms with Crippen LogP contribution in [0.3, 0.4) is 0 Å². The first-order chi connectivity index (χ1) is 9.89. The Kier molecular flexibility index (Phi) is 3.19. The van der Waals surface area contributed by atoms with Crippen LogP contribution in [0.15, 0.2) is 35.1 Å². The van der Waals surface area contributed by atoms with Crippen LogP contribution >= 0.6 is 0 Å². The molecule has 1 fully saturated rings. The first kappa shape index (κ1) is 14.0. The van der Waals surface area contributed by atoms with Crippen LogP contribution in [0.25, 0.3) is 10.9 Å². The van der Waals surface area contributed by atoms with Gasteiger partial charge in [0.1, 0.15) is 0 Å². The van der Waals surface area contributed by atoms with E-state index in [0.29, 0.717) is 18.1 Å². The van der Waals surface area contributed by atoms with E-state index in [9.17, 15) is 18.0 Å². The average Bonchev–Trinajstić information content (AvgIpc) is 2.83. The van der Waals surface area contributed by atoms with E-state index in [0.717, 1.165) is 12.8 Å². The molecule has 2 heterocycles. The molecule has 1 aromatic carbocycles. The molecule has 0 N–H and O–H groups in total. The van der Waals surface area contributed by atoms with Gasteiger partial charge >= 0.3 is 6.18 Å². The summed E-state index contributed by atoms with van der Waals surface area (Å²) in [6.07, 6.45) is -2.67. The Morgan fingerprint density at radius 3 is 2.57 bits per heavy atom. The highest BCUT2D eigenvalue weighted by Crippen LogP contribution is 2.34. The second-order valence-corrected chi connectivity index (χ2v) is 5.38. The maximum absolute atomic E-state index is 13.1. The van der Waals surface area contributed by atoms with Gasteiger partial charge in [0.05, 0.1) is 11.1 Å². The van der Waals surface area contributed by atoms with E-state index in [1.165, 1.54) is 10.7 Å². The van der Waals surface area contributed by atoms with Crippen molar-refractivity contribution in [3.63, 3.8) is 0 Å². The summed E-state index contributed by atoms with van der Waals surface area (Å²) in [5.41, 5.74) is -1.19. The number of rotatable bonds is 1. The summed E-state index contributed by atoms with van der Waals surface area (Å²) in [4.78, 5) is 12.3. The molecular weight excluding hydrogens is 281 g/mol. The maximum atomic E-state index is 13.1. The van der Waals surface area contributed by atoms with Gasteiger partial charge in [-0.3, -0.25) is 4.79 Å². The number of alkyl halides is 3. The average molecular weight is 296 g/mol. The highest BCUT2D eigenvalue weighted by Gasteiger charge is 2.34. The molecule has 1 aliphatic heterocycles. The molecule has 3 nitrogen and oxygen atoms in total. The predicted molar refractivity (Wildman–Crippen MR) is 75.0 cm³/mol. The summed E-state index contributed by atoms with van der Waals surface area (Å²) in [6, 6.07) is 7.03. The van der Waals surface area contributed by atoms with Crippen molar-refractivity contribution < 1.29 is 13.2 Å². The number of benzene rings is 1. The monoisotopic (exact) mass is 296 g/mol. The second kappa shape index (κ2) is 4.79. The molecule has 2 aromatic rings. The Labute approximate surface area is 119 Å². The van der Waals surface area contributed by atoms with Gasteiger partial charge in [0.25, 0.3) is 5.56 Å². The summed E-state index contributed by atoms with van der Waals surface area (Å²) in [5, 5.41) is 1.91. The quantitative estimate of drug-likeness (QED) is 0.808. The van der Waals surface area contributed by atoms with Gasteiger partial charge in [0, 0.05) is 24.0 Å². The van der Waals surface area contributed by atoms with E-state index >= 15 is 0 Å². The number of halogens is 3. The first-order valence-electron chi connectivity index (χ1n) is 6.88. The highest BCUT2D eigenvalue weighted by molar-refractivity contribution is 5.83. The fourth-order valence-electron chi connectivity index (χ4n) is 2.98. The third kappa shape index (κ3) is 2.28. The number of hydrogen-bond donors (Lipinski definition) is 0. The maximum Gasteiger partial charge on any atom is 0.417 e. The molecule has 6 heteroatoms. The lowest BCUT2D eigenvalue weighted by Gasteiger charge is -2.28. The van der Waals surface area contributed by atoms with Crippen LogP contribution in [0.4, 0.5) is 13.2 Å². The largest absolute Gasteiger partial charge is 0.417 e. The second-order valence-electron chi connectivity index (χ2n) is 5.38. The minimum Gasteiger partial charge on any atom is -0.307 e. The van der Waals surface area contributed by atoms with Gasteiger partial charge < -0.3 is 5.01 Å². The van der Waals surface area contributed by atoms with E-state index in [2.05, 4.69) is 0 Å². The number of aromatic nitrogens is 1. The zero-order chi connectivity index (χ0) is 15.2. The predicted octanol–water partition coefficient (Wildman–Crippen LogP) is 3.14. The molecule has 0 aliphatic carbocycles. The van der Waals surface area contributed by atoms with Crippen LogP contribution in [-0.4, -0.2) is 17.3 Å². The third-order valence-corrected chi connectivity index (χ3v) is 3.98. The minimum absolute atomic E-state index is 0.0590. The lowest BCUT2D eigenvalue weighted by atomic mass is 10.1. The standard InChI is InChI=1S/C15H15F3N2O/c1-10-5-4-8-19(10)20-13-7-3-2-6-11(13)12(9-14(20)21)15(16,17)18/h2-3,6-7,9-10H,4-5,8H2,1H3. The lowest BCUT2D eigenvalue weighted by molar-refractivity contribution is -0.136. The summed E-state index contributed by atoms with van der Waals surface area (Å²) < 4.78 is 40.8. The molecule has 1 unspecified atom stereocenters. The molecule has 3 rings (SSSR count). The van der Waals surface area contributed by atoms with E-state index in [1.807, 2.05) is 11.9 Å². The minimum atomic E-state index is -4.53. The van der Waals surface area contributed by atoms with Crippen molar-refractivity contribution in [1.29, 1.82) is 0 Å². The Balaban J connectivity index is 2.33. The molecule has 0 radical (unpaired) electrons. The van der Waals surface area contributed by atoms with Crippen molar-refractivity contribution in [1.82, 2.24) is 4.68 Å². The van der Waals surface area contributed by atoms with Crippen molar-refractivity contribution in [3.05, 3.63) is 46.2 Å². The molecule has 0 spiro atoms. The number of hydrogen-bond acceptors (Lipinski definition) is 2. The van der Waals surface area contributed by atoms with Crippen molar-refractivity contribution in [3.8, 4) is 0 Å².